The van der Waals surface area contributed by atoms with Crippen LogP contribution in [0.2, 0.25) is 0 Å². The first-order valence-electron chi connectivity index (χ1n) is 6.63. The number of halogens is 1. The summed E-state index contributed by atoms with van der Waals surface area (Å²) in [5.74, 6) is 0. The topological polar surface area (TPSA) is 38.0 Å². The van der Waals surface area contributed by atoms with Crippen LogP contribution in [0, 0.1) is 0 Å². The van der Waals surface area contributed by atoms with Crippen LogP contribution in [0.1, 0.15) is 36.9 Å². The monoisotopic (exact) mass is 322 g/mol. The molecule has 0 saturated carbocycles. The molecule has 19 heavy (non-hydrogen) atoms. The van der Waals surface area contributed by atoms with Gasteiger partial charge in [-0.2, -0.15) is 5.10 Å². The minimum absolute atomic E-state index is 0.506. The Balaban J connectivity index is 2.16. The number of hydrogen-bond donors (Lipinski definition) is 1. The number of nitrogens with zero attached hydrogens (tertiary/aromatic N) is 2. The summed E-state index contributed by atoms with van der Waals surface area (Å²) >= 11 is 3.42. The second-order valence-corrected chi connectivity index (χ2v) is 5.49. The Bertz CT molecular complexity index is 534. The summed E-state index contributed by atoms with van der Waals surface area (Å²) < 4.78 is 2.94. The van der Waals surface area contributed by atoms with E-state index in [1.165, 1.54) is 0 Å². The Morgan fingerprint density at radius 1 is 1.26 bits per heavy atom. The Morgan fingerprint density at radius 2 is 1.95 bits per heavy atom. The highest BCUT2D eigenvalue weighted by atomic mass is 79.9. The number of benzene rings is 1. The molecule has 3 nitrogen and oxygen atoms in total. The predicted molar refractivity (Wildman–Crippen MR) is 80.1 cm³/mol. The van der Waals surface area contributed by atoms with Gasteiger partial charge in [0.2, 0.25) is 0 Å². The Morgan fingerprint density at radius 3 is 2.53 bits per heavy atom. The van der Waals surface area contributed by atoms with E-state index in [1.54, 1.807) is 0 Å². The lowest BCUT2D eigenvalue weighted by molar-refractivity contribution is 0.167. The number of rotatable bonds is 5. The van der Waals surface area contributed by atoms with E-state index in [0.717, 1.165) is 34.4 Å². The average molecular weight is 323 g/mol. The van der Waals surface area contributed by atoms with Gasteiger partial charge in [-0.3, -0.25) is 4.68 Å². The first kappa shape index (κ1) is 14.3. The van der Waals surface area contributed by atoms with Crippen molar-refractivity contribution < 1.29 is 5.11 Å². The molecule has 0 aliphatic heterocycles. The van der Waals surface area contributed by atoms with Gasteiger partial charge in [-0.05, 0) is 37.1 Å². The number of aromatic nitrogens is 2. The van der Waals surface area contributed by atoms with Crippen LogP contribution >= 0.6 is 15.9 Å². The lowest BCUT2D eigenvalue weighted by atomic mass is 10.1. The molecule has 0 aliphatic rings. The SMILES string of the molecule is CCc1cc(C(O)Cc2ccc(Br)cc2)n(CC)n1. The van der Waals surface area contributed by atoms with Gasteiger partial charge in [-0.15, -0.1) is 0 Å². The van der Waals surface area contributed by atoms with Gasteiger partial charge in [0, 0.05) is 17.4 Å². The molecule has 1 aromatic carbocycles. The van der Waals surface area contributed by atoms with E-state index >= 15 is 0 Å². The summed E-state index contributed by atoms with van der Waals surface area (Å²) in [6, 6.07) is 10.1. The molecule has 2 aromatic rings. The molecule has 0 aliphatic carbocycles. The van der Waals surface area contributed by atoms with Crippen molar-refractivity contribution in [3.05, 3.63) is 51.8 Å². The van der Waals surface area contributed by atoms with Gasteiger partial charge >= 0.3 is 0 Å². The van der Waals surface area contributed by atoms with Crippen molar-refractivity contribution >= 4 is 15.9 Å². The van der Waals surface area contributed by atoms with E-state index in [2.05, 4.69) is 28.0 Å². The summed E-state index contributed by atoms with van der Waals surface area (Å²) in [5.41, 5.74) is 3.06. The van der Waals surface area contributed by atoms with Crippen molar-refractivity contribution in [1.82, 2.24) is 9.78 Å². The Hall–Kier alpha value is -1.13. The fraction of sp³-hybridized carbons (Fsp3) is 0.400. The van der Waals surface area contributed by atoms with Crippen molar-refractivity contribution in [3.63, 3.8) is 0 Å². The van der Waals surface area contributed by atoms with Gasteiger partial charge in [0.1, 0.15) is 0 Å². The second kappa shape index (κ2) is 6.35. The van der Waals surface area contributed by atoms with Crippen LogP contribution in [0.4, 0.5) is 0 Å². The molecule has 102 valence electrons. The van der Waals surface area contributed by atoms with Crippen LogP contribution in [0.5, 0.6) is 0 Å². The molecule has 0 amide bonds. The molecule has 0 fully saturated rings. The van der Waals surface area contributed by atoms with Gasteiger partial charge in [-0.25, -0.2) is 0 Å². The van der Waals surface area contributed by atoms with Crippen LogP contribution < -0.4 is 0 Å². The van der Waals surface area contributed by atoms with E-state index in [0.29, 0.717) is 6.42 Å². The first-order chi connectivity index (χ1) is 9.13. The van der Waals surface area contributed by atoms with E-state index in [9.17, 15) is 5.11 Å². The van der Waals surface area contributed by atoms with E-state index in [1.807, 2.05) is 41.9 Å². The predicted octanol–water partition coefficient (Wildman–Crippen LogP) is 3.50. The largest absolute Gasteiger partial charge is 0.386 e. The molecule has 1 atom stereocenters. The van der Waals surface area contributed by atoms with Gasteiger partial charge in [0.25, 0.3) is 0 Å². The van der Waals surface area contributed by atoms with Crippen LogP contribution in [0.25, 0.3) is 0 Å². The molecule has 1 heterocycles. The summed E-state index contributed by atoms with van der Waals surface area (Å²) in [6.45, 7) is 4.90. The quantitative estimate of drug-likeness (QED) is 0.914. The summed E-state index contributed by atoms with van der Waals surface area (Å²) in [7, 11) is 0. The molecule has 0 bridgehead atoms. The third kappa shape index (κ3) is 3.45. The Kier molecular flexibility index (Phi) is 4.77. The minimum atomic E-state index is -0.506. The average Bonchev–Trinajstić information content (AvgIpc) is 2.85. The fourth-order valence-corrected chi connectivity index (χ4v) is 2.39. The lowest BCUT2D eigenvalue weighted by Crippen LogP contribution is -2.10. The summed E-state index contributed by atoms with van der Waals surface area (Å²) in [4.78, 5) is 0. The number of hydrogen-bond acceptors (Lipinski definition) is 2. The highest BCUT2D eigenvalue weighted by Crippen LogP contribution is 2.21. The van der Waals surface area contributed by atoms with Crippen molar-refractivity contribution in [1.29, 1.82) is 0 Å². The minimum Gasteiger partial charge on any atom is -0.386 e. The number of aryl methyl sites for hydroxylation is 2. The third-order valence-electron chi connectivity index (χ3n) is 3.21. The number of aliphatic hydroxyl groups excluding tert-OH is 1. The molecule has 0 spiro atoms. The first-order valence-corrected chi connectivity index (χ1v) is 7.42. The summed E-state index contributed by atoms with van der Waals surface area (Å²) in [6.07, 6.45) is 1.00. The van der Waals surface area contributed by atoms with Gasteiger partial charge in [0.15, 0.2) is 0 Å². The second-order valence-electron chi connectivity index (χ2n) is 4.58. The van der Waals surface area contributed by atoms with Crippen LogP contribution in [0.15, 0.2) is 34.8 Å². The zero-order chi connectivity index (χ0) is 13.8. The van der Waals surface area contributed by atoms with Gasteiger partial charge in [0.05, 0.1) is 17.5 Å². The summed E-state index contributed by atoms with van der Waals surface area (Å²) in [5, 5.41) is 14.9. The molecule has 1 N–H and O–H groups in total. The third-order valence-corrected chi connectivity index (χ3v) is 3.74. The molecule has 4 heteroatoms. The van der Waals surface area contributed by atoms with Gasteiger partial charge < -0.3 is 5.11 Å². The van der Waals surface area contributed by atoms with Crippen LogP contribution in [-0.2, 0) is 19.4 Å². The zero-order valence-corrected chi connectivity index (χ0v) is 12.9. The molecule has 1 unspecified atom stereocenters. The van der Waals surface area contributed by atoms with Crippen molar-refractivity contribution in [2.45, 2.75) is 39.3 Å². The molecular weight excluding hydrogens is 304 g/mol. The zero-order valence-electron chi connectivity index (χ0n) is 11.3. The molecule has 0 saturated heterocycles. The van der Waals surface area contributed by atoms with E-state index in [4.69, 9.17) is 0 Å². The Labute approximate surface area is 122 Å². The standard InChI is InChI=1S/C15H19BrN2O/c1-3-13-10-14(18(4-2)17-13)15(19)9-11-5-7-12(16)8-6-11/h5-8,10,15,19H,3-4,9H2,1-2H3. The maximum Gasteiger partial charge on any atom is 0.0996 e. The highest BCUT2D eigenvalue weighted by Gasteiger charge is 2.15. The van der Waals surface area contributed by atoms with Crippen molar-refractivity contribution in [2.24, 2.45) is 0 Å². The van der Waals surface area contributed by atoms with Crippen molar-refractivity contribution in [3.8, 4) is 0 Å². The normalized spacial score (nSPS) is 12.6. The molecule has 1 aromatic heterocycles. The van der Waals surface area contributed by atoms with Crippen LogP contribution in [0.3, 0.4) is 0 Å². The van der Waals surface area contributed by atoms with Crippen LogP contribution in [-0.4, -0.2) is 14.9 Å². The van der Waals surface area contributed by atoms with Crippen molar-refractivity contribution in [2.75, 3.05) is 0 Å². The lowest BCUT2D eigenvalue weighted by Gasteiger charge is -2.12. The molecule has 0 radical (unpaired) electrons. The van der Waals surface area contributed by atoms with E-state index in [-0.39, 0.29) is 0 Å². The maximum atomic E-state index is 10.4. The highest BCUT2D eigenvalue weighted by molar-refractivity contribution is 9.10. The van der Waals surface area contributed by atoms with E-state index < -0.39 is 6.10 Å². The maximum absolute atomic E-state index is 10.4. The fourth-order valence-electron chi connectivity index (χ4n) is 2.13. The molecule has 2 rings (SSSR count). The molecular formula is C15H19BrN2O. The number of aliphatic hydroxyl groups is 1. The van der Waals surface area contributed by atoms with Gasteiger partial charge in [-0.1, -0.05) is 35.0 Å². The smallest absolute Gasteiger partial charge is 0.0996 e.